The number of allylic oxidation sites excluding steroid dienone is 3. The molecular formula is C12H27AlOSi3-2. The summed E-state index contributed by atoms with van der Waals surface area (Å²) in [6.07, 6.45) is 0. The van der Waals surface area contributed by atoms with Gasteiger partial charge in [-0.25, -0.2) is 0 Å². The second-order valence-electron chi connectivity index (χ2n) is 5.42. The van der Waals surface area contributed by atoms with E-state index in [0.717, 1.165) is 0 Å². The van der Waals surface area contributed by atoms with Crippen LogP contribution in [-0.4, -0.2) is 36.4 Å². The van der Waals surface area contributed by atoms with E-state index in [9.17, 15) is 0 Å². The van der Waals surface area contributed by atoms with Crippen LogP contribution in [0.2, 0.25) is 0 Å². The zero-order valence-electron chi connectivity index (χ0n) is 12.3. The first-order valence-electron chi connectivity index (χ1n) is 6.32. The monoisotopic (exact) mass is 298 g/mol. The molecule has 0 aliphatic carbocycles. The molecule has 1 nitrogen and oxygen atoms in total. The molecule has 0 N–H and O–H groups in total. The second kappa shape index (κ2) is 11.5. The highest BCUT2D eigenvalue weighted by Gasteiger charge is 2.13. The Labute approximate surface area is 117 Å². The largest absolute Gasteiger partial charge is 2.00 e. The van der Waals surface area contributed by atoms with E-state index < -0.39 is 0 Å². The summed E-state index contributed by atoms with van der Waals surface area (Å²) in [7, 11) is 0.609. The van der Waals surface area contributed by atoms with Crippen molar-refractivity contribution in [3.63, 3.8) is 0 Å². The summed E-state index contributed by atoms with van der Waals surface area (Å²) in [4.78, 5) is 0. The lowest BCUT2D eigenvalue weighted by molar-refractivity contribution is 0.686. The van der Waals surface area contributed by atoms with Crippen LogP contribution in [0.15, 0.2) is 33.8 Å². The molecule has 0 aliphatic heterocycles. The van der Waals surface area contributed by atoms with Gasteiger partial charge in [0, 0.05) is 0 Å². The highest BCUT2D eigenvalue weighted by atomic mass is 29.4. The highest BCUT2D eigenvalue weighted by Crippen LogP contribution is 1.94. The van der Waals surface area contributed by atoms with Gasteiger partial charge in [-0.15, -0.1) is 17.1 Å². The Bertz CT molecular complexity index is 239. The second-order valence-corrected chi connectivity index (χ2v) is 34.8. The van der Waals surface area contributed by atoms with E-state index in [-0.39, 0.29) is 41.9 Å². The Balaban J connectivity index is 0. The van der Waals surface area contributed by atoms with Crippen molar-refractivity contribution in [1.29, 1.82) is 0 Å². The lowest BCUT2D eigenvalue weighted by atomic mass is 10.4. The average Bonchev–Trinajstić information content (AvgIpc) is 2.15. The molecular weight excluding hydrogens is 271 g/mol. The first kappa shape index (κ1) is 19.7. The van der Waals surface area contributed by atoms with Gasteiger partial charge in [0.2, 0.25) is 12.2 Å². The van der Waals surface area contributed by atoms with Gasteiger partial charge < -0.3 is 5.48 Å². The lowest BCUT2D eigenvalue weighted by Gasteiger charge is -2.04. The minimum absolute atomic E-state index is 0. The third kappa shape index (κ3) is 14.3. The summed E-state index contributed by atoms with van der Waals surface area (Å²) in [6, 6.07) is 0. The first-order chi connectivity index (χ1) is 7.41. The molecule has 0 aromatic heterocycles. The maximum Gasteiger partial charge on any atom is 0.236 e. The van der Waals surface area contributed by atoms with Gasteiger partial charge in [0.05, 0.1) is 0 Å². The van der Waals surface area contributed by atoms with Crippen molar-refractivity contribution < 1.29 is 5.48 Å². The van der Waals surface area contributed by atoms with E-state index in [1.807, 2.05) is 0 Å². The van der Waals surface area contributed by atoms with Crippen molar-refractivity contribution in [2.45, 2.75) is 41.5 Å². The third-order valence-corrected chi connectivity index (χ3v) is 33.9. The Morgan fingerprint density at radius 3 is 1.06 bits per heavy atom. The Morgan fingerprint density at radius 1 is 0.647 bits per heavy atom. The van der Waals surface area contributed by atoms with Gasteiger partial charge in [-0.1, -0.05) is 16.7 Å². The van der Waals surface area contributed by atoms with Crippen LogP contribution >= 0.6 is 0 Å². The predicted octanol–water partition coefficient (Wildman–Crippen LogP) is 1.13. The van der Waals surface area contributed by atoms with Crippen LogP contribution in [0.5, 0.6) is 0 Å². The maximum atomic E-state index is 2.63. The fraction of sp³-hybridized carbons (Fsp3) is 0.500. The van der Waals surface area contributed by atoms with Crippen LogP contribution in [0.3, 0.4) is 0 Å². The molecule has 0 unspecified atom stereocenters. The zero-order chi connectivity index (χ0) is 12.6. The van der Waals surface area contributed by atoms with Crippen LogP contribution in [0.4, 0.5) is 0 Å². The molecule has 0 saturated carbocycles. The third-order valence-electron chi connectivity index (χ3n) is 2.58. The van der Waals surface area contributed by atoms with E-state index in [1.165, 1.54) is 0 Å². The van der Waals surface area contributed by atoms with Crippen molar-refractivity contribution in [1.82, 2.24) is 0 Å². The van der Waals surface area contributed by atoms with Crippen molar-refractivity contribution in [2.75, 3.05) is 0 Å². The van der Waals surface area contributed by atoms with Gasteiger partial charge in [0.15, 0.2) is 0 Å². The maximum absolute atomic E-state index is 2.63. The van der Waals surface area contributed by atoms with Gasteiger partial charge >= 0.3 is 0 Å². The normalized spacial score (nSPS) is 10.9. The van der Waals surface area contributed by atoms with Crippen LogP contribution in [0.1, 0.15) is 41.5 Å². The summed E-state index contributed by atoms with van der Waals surface area (Å²) in [5.74, 6) is 0. The van der Waals surface area contributed by atoms with Crippen molar-refractivity contribution >= 4 is 36.4 Å². The molecule has 0 radical (unpaired) electrons. The van der Waals surface area contributed by atoms with Gasteiger partial charge in [0.25, 0.3) is 0 Å². The van der Waals surface area contributed by atoms with Crippen molar-refractivity contribution in [3.05, 3.63) is 33.8 Å². The molecule has 0 fully saturated rings. The minimum atomic E-state index is -0.215. The zero-order valence-corrected chi connectivity index (χ0v) is 17.7. The number of hydrogen-bond acceptors (Lipinski definition) is 0. The van der Waals surface area contributed by atoms with Crippen LogP contribution in [0.25, 0.3) is 0 Å². The van der Waals surface area contributed by atoms with Crippen LogP contribution in [-0.2, 0) is 5.48 Å². The lowest BCUT2D eigenvalue weighted by Crippen LogP contribution is -2.35. The van der Waals surface area contributed by atoms with Gasteiger partial charge in [0.1, 0.15) is 0 Å². The standard InChI is InChI=1S/3C4H9Si.Al.O/c3*1-4(2)3-5;;/h3*3H,5H2,1-2H3;;/q;;;;-2. The van der Waals surface area contributed by atoms with E-state index in [2.05, 4.69) is 58.6 Å². The molecule has 0 aromatic carbocycles. The number of hydrogen-bond donors (Lipinski definition) is 0. The van der Waals surface area contributed by atoms with E-state index in [1.54, 1.807) is 16.7 Å². The van der Waals surface area contributed by atoms with Gasteiger partial charge in [-0.05, 0) is 65.8 Å². The van der Waals surface area contributed by atoms with E-state index in [0.29, 0.717) is 0 Å². The number of rotatable bonds is 6. The first-order valence-corrected chi connectivity index (χ1v) is 18.6. The molecule has 0 aliphatic rings. The molecule has 0 atom stereocenters. The molecule has 98 valence electrons. The van der Waals surface area contributed by atoms with Gasteiger partial charge in [-0.2, -0.15) is 0 Å². The molecule has 0 bridgehead atoms. The Hall–Kier alpha value is 0.363. The van der Waals surface area contributed by atoms with Gasteiger partial charge in [-0.3, -0.25) is 0 Å². The fourth-order valence-electron chi connectivity index (χ4n) is 1.50. The average molecular weight is 299 g/mol. The molecule has 5 heteroatoms. The summed E-state index contributed by atoms with van der Waals surface area (Å²) in [5, 5.41) is 0. The molecule has 0 rings (SSSR count). The highest BCUT2D eigenvalue weighted by molar-refractivity contribution is 7.62. The molecule has 0 spiro atoms. The molecule has 0 heterocycles. The molecule has 0 aromatic rings. The minimum Gasteiger partial charge on any atom is -2.00 e. The summed E-state index contributed by atoms with van der Waals surface area (Å²) in [5.41, 5.74) is 12.6. The summed E-state index contributed by atoms with van der Waals surface area (Å²) in [6.45, 7) is 13.6. The Morgan fingerprint density at radius 2 is 0.882 bits per heavy atom. The molecule has 0 amide bonds. The van der Waals surface area contributed by atoms with E-state index >= 15 is 0 Å². The van der Waals surface area contributed by atoms with Crippen molar-refractivity contribution in [3.8, 4) is 0 Å². The topological polar surface area (TPSA) is 28.5 Å². The Kier molecular flexibility index (Phi) is 13.3. The fourth-order valence-corrected chi connectivity index (χ4v) is 27.7. The predicted molar refractivity (Wildman–Crippen MR) is 90.4 cm³/mol. The van der Waals surface area contributed by atoms with Crippen LogP contribution < -0.4 is 0 Å². The summed E-state index contributed by atoms with van der Waals surface area (Å²) < 4.78 is 0. The quantitative estimate of drug-likeness (QED) is 0.658. The SMILES string of the molecule is CC(C)=C[SiH2][Al]([SiH2]C=C(C)C)[SiH2]C=C(C)C.[O-2]. The smallest absolute Gasteiger partial charge is 0.236 e. The summed E-state index contributed by atoms with van der Waals surface area (Å²) >= 11 is -0.215. The van der Waals surface area contributed by atoms with E-state index in [4.69, 9.17) is 0 Å². The molecule has 0 saturated heterocycles. The van der Waals surface area contributed by atoms with Crippen molar-refractivity contribution in [2.24, 2.45) is 0 Å². The van der Waals surface area contributed by atoms with Crippen LogP contribution in [0, 0.1) is 0 Å². The molecule has 17 heavy (non-hydrogen) atoms.